The molecule has 0 radical (unpaired) electrons. The van der Waals surface area contributed by atoms with Crippen molar-refractivity contribution < 1.29 is 0 Å². The minimum Gasteiger partial charge on any atom is -0.252 e. The monoisotopic (exact) mass is 249 g/mol. The van der Waals surface area contributed by atoms with Crippen molar-refractivity contribution in [1.82, 2.24) is 4.98 Å². The van der Waals surface area contributed by atoms with E-state index < -0.39 is 0 Å². The number of nitrogens with zero attached hydrogens (tertiary/aromatic N) is 1. The molecule has 2 aromatic rings. The molecule has 1 aromatic carbocycles. The normalized spacial score (nSPS) is 13.6. The van der Waals surface area contributed by atoms with Gasteiger partial charge in [0, 0.05) is 11.3 Å². The molecule has 0 fully saturated rings. The Morgan fingerprint density at radius 2 is 1.89 bits per heavy atom. The van der Waals surface area contributed by atoms with E-state index in [1.165, 1.54) is 22.4 Å². The van der Waals surface area contributed by atoms with Crippen LogP contribution in [0.3, 0.4) is 0 Å². The maximum absolute atomic E-state index is 4.88. The number of rotatable bonds is 2. The Morgan fingerprint density at radius 1 is 1.05 bits per heavy atom. The summed E-state index contributed by atoms with van der Waals surface area (Å²) in [5, 5.41) is 0. The molecule has 0 saturated carbocycles. The van der Waals surface area contributed by atoms with E-state index in [0.29, 0.717) is 5.92 Å². The van der Waals surface area contributed by atoms with E-state index in [1.807, 2.05) is 0 Å². The Labute approximate surface area is 115 Å². The van der Waals surface area contributed by atoms with Crippen LogP contribution in [0.2, 0.25) is 0 Å². The smallest absolute Gasteiger partial charge is 0.0708 e. The number of hydrogen-bond donors (Lipinski definition) is 0. The molecule has 0 spiro atoms. The van der Waals surface area contributed by atoms with Gasteiger partial charge in [0.25, 0.3) is 0 Å². The summed E-state index contributed by atoms with van der Waals surface area (Å²) in [5.74, 6) is 0.522. The van der Waals surface area contributed by atoms with E-state index in [4.69, 9.17) is 4.98 Å². The van der Waals surface area contributed by atoms with Gasteiger partial charge in [0.15, 0.2) is 0 Å². The first-order chi connectivity index (χ1) is 9.25. The third kappa shape index (κ3) is 2.33. The van der Waals surface area contributed by atoms with E-state index in [1.54, 1.807) is 0 Å². The summed E-state index contributed by atoms with van der Waals surface area (Å²) in [5.41, 5.74) is 6.27. The van der Waals surface area contributed by atoms with Crippen LogP contribution in [0.5, 0.6) is 0 Å². The highest BCUT2D eigenvalue weighted by Crippen LogP contribution is 2.29. The van der Waals surface area contributed by atoms with E-state index >= 15 is 0 Å². The molecular formula is C18H19N. The molecule has 1 nitrogen and oxygen atoms in total. The van der Waals surface area contributed by atoms with Gasteiger partial charge >= 0.3 is 0 Å². The van der Waals surface area contributed by atoms with Crippen molar-refractivity contribution in [3.63, 3.8) is 0 Å². The van der Waals surface area contributed by atoms with Gasteiger partial charge in [-0.2, -0.15) is 0 Å². The van der Waals surface area contributed by atoms with Gasteiger partial charge in [-0.25, -0.2) is 0 Å². The van der Waals surface area contributed by atoms with Gasteiger partial charge in [-0.3, -0.25) is 4.98 Å². The third-order valence-electron chi connectivity index (χ3n) is 3.71. The Hall–Kier alpha value is -1.89. The van der Waals surface area contributed by atoms with Gasteiger partial charge in [-0.1, -0.05) is 56.3 Å². The molecule has 0 amide bonds. The third-order valence-corrected chi connectivity index (χ3v) is 3.71. The van der Waals surface area contributed by atoms with Crippen molar-refractivity contribution >= 4 is 6.08 Å². The van der Waals surface area contributed by atoms with Gasteiger partial charge in [-0.05, 0) is 36.0 Å². The Morgan fingerprint density at radius 3 is 2.74 bits per heavy atom. The van der Waals surface area contributed by atoms with Crippen LogP contribution in [0.25, 0.3) is 17.3 Å². The van der Waals surface area contributed by atoms with Crippen LogP contribution in [-0.2, 0) is 6.42 Å². The minimum atomic E-state index is 0.522. The van der Waals surface area contributed by atoms with Crippen LogP contribution >= 0.6 is 0 Å². The van der Waals surface area contributed by atoms with E-state index in [-0.39, 0.29) is 0 Å². The van der Waals surface area contributed by atoms with Gasteiger partial charge < -0.3 is 0 Å². The predicted octanol–water partition coefficient (Wildman–Crippen LogP) is 4.83. The van der Waals surface area contributed by atoms with Crippen molar-refractivity contribution in [3.8, 4) is 11.3 Å². The first-order valence-electron chi connectivity index (χ1n) is 7.01. The minimum absolute atomic E-state index is 0.522. The molecule has 96 valence electrons. The average molecular weight is 249 g/mol. The number of fused-ring (bicyclic) bond motifs is 1. The van der Waals surface area contributed by atoms with E-state index in [2.05, 4.69) is 62.4 Å². The summed E-state index contributed by atoms with van der Waals surface area (Å²) in [4.78, 5) is 4.88. The zero-order valence-corrected chi connectivity index (χ0v) is 11.6. The highest BCUT2D eigenvalue weighted by Gasteiger charge is 2.12. The van der Waals surface area contributed by atoms with Crippen molar-refractivity contribution in [3.05, 3.63) is 59.3 Å². The van der Waals surface area contributed by atoms with Gasteiger partial charge in [0.05, 0.1) is 5.69 Å². The lowest BCUT2D eigenvalue weighted by Gasteiger charge is -2.15. The second kappa shape index (κ2) is 5.00. The van der Waals surface area contributed by atoms with Crippen molar-refractivity contribution in [2.75, 3.05) is 0 Å². The molecule has 1 heterocycles. The number of pyridine rings is 1. The summed E-state index contributed by atoms with van der Waals surface area (Å²) < 4.78 is 0. The zero-order valence-electron chi connectivity index (χ0n) is 11.6. The number of hydrogen-bond acceptors (Lipinski definition) is 1. The van der Waals surface area contributed by atoms with Crippen LogP contribution in [-0.4, -0.2) is 4.98 Å². The first kappa shape index (κ1) is 12.2. The standard InChI is InChI=1S/C18H19N/c1-13(2)15-8-4-5-9-16(15)18-12-11-14-7-3-6-10-17(14)19-18/h3-5,7-9,11-13H,6,10H2,1-2H3. The summed E-state index contributed by atoms with van der Waals surface area (Å²) in [6.45, 7) is 4.47. The second-order valence-corrected chi connectivity index (χ2v) is 5.42. The summed E-state index contributed by atoms with van der Waals surface area (Å²) in [7, 11) is 0. The lowest BCUT2D eigenvalue weighted by Crippen LogP contribution is -2.01. The fraction of sp³-hybridized carbons (Fsp3) is 0.278. The quantitative estimate of drug-likeness (QED) is 0.742. The van der Waals surface area contributed by atoms with E-state index in [9.17, 15) is 0 Å². The van der Waals surface area contributed by atoms with Crippen molar-refractivity contribution in [1.29, 1.82) is 0 Å². The van der Waals surface area contributed by atoms with Crippen LogP contribution in [0.1, 0.15) is 43.0 Å². The lowest BCUT2D eigenvalue weighted by atomic mass is 9.94. The molecular weight excluding hydrogens is 230 g/mol. The lowest BCUT2D eigenvalue weighted by molar-refractivity contribution is 0.866. The second-order valence-electron chi connectivity index (χ2n) is 5.42. The zero-order chi connectivity index (χ0) is 13.2. The Balaban J connectivity index is 2.10. The van der Waals surface area contributed by atoms with Crippen LogP contribution in [0.4, 0.5) is 0 Å². The largest absolute Gasteiger partial charge is 0.252 e. The molecule has 0 unspecified atom stereocenters. The summed E-state index contributed by atoms with van der Waals surface area (Å²) >= 11 is 0. The number of benzene rings is 1. The maximum atomic E-state index is 4.88. The summed E-state index contributed by atoms with van der Waals surface area (Å²) in [6, 6.07) is 13.0. The van der Waals surface area contributed by atoms with Gasteiger partial charge in [0.1, 0.15) is 0 Å². The molecule has 0 N–H and O–H groups in total. The summed E-state index contributed by atoms with van der Waals surface area (Å²) in [6.07, 6.45) is 6.58. The Bertz CT molecular complexity index is 623. The Kier molecular flexibility index (Phi) is 3.20. The van der Waals surface area contributed by atoms with Crippen LogP contribution in [0.15, 0.2) is 42.5 Å². The molecule has 1 aliphatic rings. The highest BCUT2D eigenvalue weighted by atomic mass is 14.7. The van der Waals surface area contributed by atoms with Crippen LogP contribution < -0.4 is 0 Å². The average Bonchev–Trinajstić information content (AvgIpc) is 2.46. The SMILES string of the molecule is CC(C)c1ccccc1-c1ccc2c(n1)CCC=C2. The van der Waals surface area contributed by atoms with Gasteiger partial charge in [-0.15, -0.1) is 0 Å². The number of aromatic nitrogens is 1. The van der Waals surface area contributed by atoms with Gasteiger partial charge in [0.2, 0.25) is 0 Å². The van der Waals surface area contributed by atoms with Crippen molar-refractivity contribution in [2.24, 2.45) is 0 Å². The number of aryl methyl sites for hydroxylation is 1. The molecule has 0 aliphatic heterocycles. The first-order valence-corrected chi connectivity index (χ1v) is 7.01. The molecule has 1 heteroatoms. The molecule has 3 rings (SSSR count). The molecule has 19 heavy (non-hydrogen) atoms. The fourth-order valence-corrected chi connectivity index (χ4v) is 2.68. The maximum Gasteiger partial charge on any atom is 0.0708 e. The molecule has 0 atom stereocenters. The molecule has 1 aromatic heterocycles. The fourth-order valence-electron chi connectivity index (χ4n) is 2.68. The molecule has 0 saturated heterocycles. The predicted molar refractivity (Wildman–Crippen MR) is 81.1 cm³/mol. The highest BCUT2D eigenvalue weighted by molar-refractivity contribution is 5.67. The number of allylic oxidation sites excluding steroid dienone is 1. The topological polar surface area (TPSA) is 12.9 Å². The van der Waals surface area contributed by atoms with E-state index in [0.717, 1.165) is 18.5 Å². The van der Waals surface area contributed by atoms with Crippen LogP contribution in [0, 0.1) is 0 Å². The molecule has 0 bridgehead atoms. The molecule has 1 aliphatic carbocycles. The van der Waals surface area contributed by atoms with Crippen molar-refractivity contribution in [2.45, 2.75) is 32.6 Å².